The highest BCUT2D eigenvalue weighted by Gasteiger charge is 2.22. The van der Waals surface area contributed by atoms with E-state index in [1.807, 2.05) is 0 Å². The van der Waals surface area contributed by atoms with E-state index in [0.717, 1.165) is 6.20 Å². The molecule has 0 radical (unpaired) electrons. The van der Waals surface area contributed by atoms with Gasteiger partial charge in [0.1, 0.15) is 5.69 Å². The molecule has 1 aromatic rings. The fourth-order valence-corrected chi connectivity index (χ4v) is 0.944. The zero-order chi connectivity index (χ0) is 12.1. The number of ketones is 1. The van der Waals surface area contributed by atoms with Crippen LogP contribution in [0.2, 0.25) is 0 Å². The van der Waals surface area contributed by atoms with Crippen molar-refractivity contribution in [1.29, 1.82) is 0 Å². The van der Waals surface area contributed by atoms with Crippen LogP contribution in [0.3, 0.4) is 0 Å². The number of carbonyl (C=O) groups is 3. The molecule has 0 aliphatic heterocycles. The Morgan fingerprint density at radius 1 is 1.44 bits per heavy atom. The third-order valence-electron chi connectivity index (χ3n) is 1.66. The Bertz CT molecular complexity index is 423. The van der Waals surface area contributed by atoms with Crippen molar-refractivity contribution in [3.05, 3.63) is 17.7 Å². The maximum absolute atomic E-state index is 11.3. The smallest absolute Gasteiger partial charge is 0.383 e. The van der Waals surface area contributed by atoms with Crippen LogP contribution in [-0.2, 0) is 14.3 Å². The highest BCUT2D eigenvalue weighted by Crippen LogP contribution is 2.01. The van der Waals surface area contributed by atoms with Crippen LogP contribution in [0.1, 0.15) is 28.0 Å². The summed E-state index contributed by atoms with van der Waals surface area (Å²) in [5.74, 6) is -2.88. The predicted molar refractivity (Wildman–Crippen MR) is 50.9 cm³/mol. The van der Waals surface area contributed by atoms with Gasteiger partial charge in [0.15, 0.2) is 5.82 Å². The lowest BCUT2D eigenvalue weighted by atomic mass is 10.4. The van der Waals surface area contributed by atoms with E-state index in [1.165, 1.54) is 7.11 Å². The average molecular weight is 226 g/mol. The van der Waals surface area contributed by atoms with Gasteiger partial charge in [0.05, 0.1) is 19.9 Å². The number of hydrogen-bond donors (Lipinski definition) is 1. The molecule has 0 aliphatic carbocycles. The van der Waals surface area contributed by atoms with E-state index in [1.54, 1.807) is 6.92 Å². The topological polar surface area (TPSA) is 98.4 Å². The van der Waals surface area contributed by atoms with Crippen LogP contribution in [0.4, 0.5) is 0 Å². The number of aromatic nitrogens is 2. The number of aromatic amines is 1. The molecule has 0 atom stereocenters. The Labute approximate surface area is 90.8 Å². The Hall–Kier alpha value is -2.18. The Morgan fingerprint density at radius 3 is 2.69 bits per heavy atom. The van der Waals surface area contributed by atoms with Crippen molar-refractivity contribution in [3.63, 3.8) is 0 Å². The number of esters is 2. The van der Waals surface area contributed by atoms with Gasteiger partial charge in [-0.25, -0.2) is 14.6 Å². The standard InChI is InChI=1S/C9H10N2O5/c1-3-16-9(14)6(12)7-10-4-5(11-7)8(13)15-2/h4H,3H2,1-2H3,(H,10,11). The minimum atomic E-state index is -1.02. The van der Waals surface area contributed by atoms with Gasteiger partial charge < -0.3 is 14.5 Å². The van der Waals surface area contributed by atoms with Gasteiger partial charge in [-0.15, -0.1) is 0 Å². The number of rotatable bonds is 4. The van der Waals surface area contributed by atoms with Crippen LogP contribution in [0.25, 0.3) is 0 Å². The van der Waals surface area contributed by atoms with E-state index in [-0.39, 0.29) is 18.1 Å². The molecule has 0 aromatic carbocycles. The first kappa shape index (κ1) is 11.9. The molecule has 1 rings (SSSR count). The second-order valence-corrected chi connectivity index (χ2v) is 2.69. The third-order valence-corrected chi connectivity index (χ3v) is 1.66. The number of carbonyl (C=O) groups excluding carboxylic acids is 3. The molecule has 0 fully saturated rings. The maximum Gasteiger partial charge on any atom is 0.383 e. The lowest BCUT2D eigenvalue weighted by Crippen LogP contribution is -2.19. The average Bonchev–Trinajstić information content (AvgIpc) is 2.76. The highest BCUT2D eigenvalue weighted by molar-refractivity contribution is 6.39. The lowest BCUT2D eigenvalue weighted by Gasteiger charge is -1.97. The molecule has 1 heterocycles. The summed E-state index contributed by atoms with van der Waals surface area (Å²) in [5.41, 5.74) is -0.00449. The van der Waals surface area contributed by atoms with Crippen molar-refractivity contribution in [2.75, 3.05) is 13.7 Å². The van der Waals surface area contributed by atoms with Gasteiger partial charge in [0.2, 0.25) is 0 Å². The van der Waals surface area contributed by atoms with Crippen LogP contribution in [0, 0.1) is 0 Å². The fourth-order valence-electron chi connectivity index (χ4n) is 0.944. The molecule has 0 amide bonds. The summed E-state index contributed by atoms with van der Waals surface area (Å²) in [6.45, 7) is 1.67. The quantitative estimate of drug-likeness (QED) is 0.438. The van der Waals surface area contributed by atoms with E-state index < -0.39 is 17.7 Å². The monoisotopic (exact) mass is 226 g/mol. The highest BCUT2D eigenvalue weighted by atomic mass is 16.5. The van der Waals surface area contributed by atoms with E-state index >= 15 is 0 Å². The zero-order valence-corrected chi connectivity index (χ0v) is 8.77. The predicted octanol–water partition coefficient (Wildman–Crippen LogP) is -0.0579. The minimum Gasteiger partial charge on any atom is -0.464 e. The number of imidazole rings is 1. The van der Waals surface area contributed by atoms with Crippen molar-refractivity contribution in [2.45, 2.75) is 6.92 Å². The first-order valence-electron chi connectivity index (χ1n) is 4.45. The van der Waals surface area contributed by atoms with Crippen molar-refractivity contribution in [2.24, 2.45) is 0 Å². The summed E-state index contributed by atoms with van der Waals surface area (Å²) in [4.78, 5) is 39.4. The van der Waals surface area contributed by atoms with E-state index in [0.29, 0.717) is 0 Å². The molecule has 0 saturated heterocycles. The van der Waals surface area contributed by atoms with E-state index in [2.05, 4.69) is 19.4 Å². The van der Waals surface area contributed by atoms with Crippen LogP contribution < -0.4 is 0 Å². The number of ether oxygens (including phenoxy) is 2. The second-order valence-electron chi connectivity index (χ2n) is 2.69. The van der Waals surface area contributed by atoms with Crippen molar-refractivity contribution >= 4 is 17.7 Å². The largest absolute Gasteiger partial charge is 0.464 e. The Kier molecular flexibility index (Phi) is 3.76. The first-order chi connectivity index (χ1) is 7.60. The number of nitrogens with zero attached hydrogens (tertiary/aromatic N) is 1. The maximum atomic E-state index is 11.3. The first-order valence-corrected chi connectivity index (χ1v) is 4.45. The van der Waals surface area contributed by atoms with Gasteiger partial charge in [-0.3, -0.25) is 4.79 Å². The van der Waals surface area contributed by atoms with Gasteiger partial charge in [0.25, 0.3) is 0 Å². The molecule has 0 bridgehead atoms. The summed E-state index contributed by atoms with van der Waals surface area (Å²) >= 11 is 0. The fraction of sp³-hybridized carbons (Fsp3) is 0.333. The van der Waals surface area contributed by atoms with Crippen LogP contribution >= 0.6 is 0 Å². The summed E-state index contributed by atoms with van der Waals surface area (Å²) in [6.07, 6.45) is 1.11. The van der Waals surface area contributed by atoms with Gasteiger partial charge in [-0.05, 0) is 6.92 Å². The number of methoxy groups -OCH3 is 1. The molecule has 1 aromatic heterocycles. The molecular weight excluding hydrogens is 216 g/mol. The van der Waals surface area contributed by atoms with Gasteiger partial charge >= 0.3 is 17.7 Å². The molecule has 0 aliphatic rings. The van der Waals surface area contributed by atoms with Crippen molar-refractivity contribution < 1.29 is 23.9 Å². The van der Waals surface area contributed by atoms with Crippen LogP contribution in [0.5, 0.6) is 0 Å². The molecule has 16 heavy (non-hydrogen) atoms. The Balaban J connectivity index is 2.82. The molecule has 0 unspecified atom stereocenters. The molecule has 7 heteroatoms. The Morgan fingerprint density at radius 2 is 2.12 bits per heavy atom. The number of Topliss-reactive ketones (excluding diaryl/α,β-unsaturated/α-hetero) is 1. The number of hydrogen-bond acceptors (Lipinski definition) is 6. The van der Waals surface area contributed by atoms with Crippen molar-refractivity contribution in [1.82, 2.24) is 9.97 Å². The molecule has 7 nitrogen and oxygen atoms in total. The summed E-state index contributed by atoms with van der Waals surface area (Å²) in [5, 5.41) is 0. The van der Waals surface area contributed by atoms with Crippen molar-refractivity contribution in [3.8, 4) is 0 Å². The van der Waals surface area contributed by atoms with E-state index in [4.69, 9.17) is 0 Å². The summed E-state index contributed by atoms with van der Waals surface area (Å²) in [6, 6.07) is 0. The normalized spacial score (nSPS) is 9.62. The third kappa shape index (κ3) is 2.44. The molecule has 0 saturated carbocycles. The second kappa shape index (κ2) is 5.06. The van der Waals surface area contributed by atoms with Gasteiger partial charge in [-0.1, -0.05) is 0 Å². The van der Waals surface area contributed by atoms with Gasteiger partial charge in [-0.2, -0.15) is 0 Å². The SMILES string of the molecule is CCOC(=O)C(=O)c1ncc(C(=O)OC)[nH]1. The minimum absolute atomic E-state index is 0.00449. The molecule has 1 N–H and O–H groups in total. The van der Waals surface area contributed by atoms with Crippen LogP contribution in [0.15, 0.2) is 6.20 Å². The lowest BCUT2D eigenvalue weighted by molar-refractivity contribution is -0.137. The molecular formula is C9H10N2O5. The zero-order valence-electron chi connectivity index (χ0n) is 8.77. The van der Waals surface area contributed by atoms with Crippen LogP contribution in [-0.4, -0.2) is 41.4 Å². The number of H-pyrrole nitrogens is 1. The molecule has 86 valence electrons. The summed E-state index contributed by atoms with van der Waals surface area (Å²) in [7, 11) is 1.19. The number of nitrogens with one attached hydrogen (secondary N) is 1. The van der Waals surface area contributed by atoms with Gasteiger partial charge in [0, 0.05) is 0 Å². The van der Waals surface area contributed by atoms with E-state index in [9.17, 15) is 14.4 Å². The molecule has 0 spiro atoms. The summed E-state index contributed by atoms with van der Waals surface area (Å²) < 4.78 is 8.89.